The van der Waals surface area contributed by atoms with E-state index in [0.29, 0.717) is 5.88 Å². The second kappa shape index (κ2) is 6.13. The summed E-state index contributed by atoms with van der Waals surface area (Å²) in [6.45, 7) is 5.55. The van der Waals surface area contributed by atoms with Gasteiger partial charge in [-0.05, 0) is 19.8 Å². The molecule has 2 unspecified atom stereocenters. The number of hydrogen-bond donors (Lipinski definition) is 1. The van der Waals surface area contributed by atoms with E-state index >= 15 is 0 Å². The molecule has 1 heterocycles. The number of aromatic nitrogens is 1. The van der Waals surface area contributed by atoms with E-state index in [1.165, 1.54) is 11.3 Å². The van der Waals surface area contributed by atoms with Crippen molar-refractivity contribution >= 4 is 33.0 Å². The first-order valence-corrected chi connectivity index (χ1v) is 8.32. The van der Waals surface area contributed by atoms with Crippen LogP contribution in [0, 0.1) is 12.8 Å². The SMILES string of the molecule is Cc1cnc(C(C)NS(=O)(=O)CC(C)CCl)s1. The first kappa shape index (κ1) is 14.9. The number of aryl methyl sites for hydroxylation is 1. The number of halogens is 1. The second-order valence-electron chi connectivity index (χ2n) is 4.19. The Labute approximate surface area is 111 Å². The third kappa shape index (κ3) is 4.91. The van der Waals surface area contributed by atoms with Gasteiger partial charge in [-0.15, -0.1) is 22.9 Å². The van der Waals surface area contributed by atoms with E-state index < -0.39 is 10.0 Å². The topological polar surface area (TPSA) is 59.1 Å². The number of thiazole rings is 1. The van der Waals surface area contributed by atoms with Crippen molar-refractivity contribution in [1.29, 1.82) is 0 Å². The summed E-state index contributed by atoms with van der Waals surface area (Å²) < 4.78 is 26.2. The van der Waals surface area contributed by atoms with Gasteiger partial charge in [0.15, 0.2) is 0 Å². The third-order valence-electron chi connectivity index (χ3n) is 2.13. The lowest BCUT2D eigenvalue weighted by atomic mass is 10.3. The molecule has 0 aliphatic carbocycles. The van der Waals surface area contributed by atoms with Gasteiger partial charge in [-0.25, -0.2) is 18.1 Å². The molecule has 0 bridgehead atoms. The molecule has 4 nitrogen and oxygen atoms in total. The van der Waals surface area contributed by atoms with Crippen LogP contribution in [0.1, 0.15) is 29.8 Å². The van der Waals surface area contributed by atoms with E-state index in [1.807, 2.05) is 13.8 Å². The highest BCUT2D eigenvalue weighted by atomic mass is 35.5. The molecule has 0 radical (unpaired) electrons. The molecule has 0 saturated heterocycles. The van der Waals surface area contributed by atoms with Crippen molar-refractivity contribution in [3.63, 3.8) is 0 Å². The van der Waals surface area contributed by atoms with Gasteiger partial charge in [-0.2, -0.15) is 0 Å². The summed E-state index contributed by atoms with van der Waals surface area (Å²) in [6, 6.07) is -0.291. The highest BCUT2D eigenvalue weighted by molar-refractivity contribution is 7.89. The number of sulfonamides is 1. The molecule has 0 aliphatic heterocycles. The smallest absolute Gasteiger partial charge is 0.212 e. The Morgan fingerprint density at radius 3 is 2.65 bits per heavy atom. The Hall–Kier alpha value is -0.170. The molecule has 0 amide bonds. The summed E-state index contributed by atoms with van der Waals surface area (Å²) >= 11 is 7.11. The summed E-state index contributed by atoms with van der Waals surface area (Å²) in [4.78, 5) is 5.23. The molecule has 0 aromatic carbocycles. The molecule has 98 valence electrons. The maximum atomic E-state index is 11.8. The van der Waals surface area contributed by atoms with Crippen LogP contribution in [0.3, 0.4) is 0 Å². The van der Waals surface area contributed by atoms with Gasteiger partial charge in [0.25, 0.3) is 0 Å². The molecule has 1 aromatic heterocycles. The molecule has 0 spiro atoms. The number of alkyl halides is 1. The van der Waals surface area contributed by atoms with Gasteiger partial charge >= 0.3 is 0 Å². The van der Waals surface area contributed by atoms with E-state index in [0.717, 1.165) is 9.88 Å². The number of nitrogens with one attached hydrogen (secondary N) is 1. The van der Waals surface area contributed by atoms with Crippen LogP contribution in [-0.4, -0.2) is 25.0 Å². The zero-order chi connectivity index (χ0) is 13.1. The van der Waals surface area contributed by atoms with Crippen LogP contribution in [0.15, 0.2) is 6.20 Å². The minimum absolute atomic E-state index is 0.0468. The quantitative estimate of drug-likeness (QED) is 0.820. The van der Waals surface area contributed by atoms with Crippen LogP contribution in [0.5, 0.6) is 0 Å². The van der Waals surface area contributed by atoms with Gasteiger partial charge in [-0.1, -0.05) is 6.92 Å². The first-order chi connectivity index (χ1) is 7.84. The summed E-state index contributed by atoms with van der Waals surface area (Å²) in [6.07, 6.45) is 1.74. The fourth-order valence-electron chi connectivity index (χ4n) is 1.36. The Kier molecular flexibility index (Phi) is 5.37. The van der Waals surface area contributed by atoms with Crippen LogP contribution < -0.4 is 4.72 Å². The second-order valence-corrected chi connectivity index (χ2v) is 7.56. The summed E-state index contributed by atoms with van der Waals surface area (Å²) in [5, 5.41) is 0.782. The normalized spacial score (nSPS) is 15.8. The van der Waals surface area contributed by atoms with Crippen molar-refractivity contribution in [3.05, 3.63) is 16.1 Å². The predicted molar refractivity (Wildman–Crippen MR) is 72.1 cm³/mol. The van der Waals surface area contributed by atoms with E-state index in [-0.39, 0.29) is 17.7 Å². The van der Waals surface area contributed by atoms with Crippen molar-refractivity contribution in [2.24, 2.45) is 5.92 Å². The molecule has 0 fully saturated rings. The molecule has 17 heavy (non-hydrogen) atoms. The van der Waals surface area contributed by atoms with Crippen LogP contribution in [0.25, 0.3) is 0 Å². The van der Waals surface area contributed by atoms with E-state index in [4.69, 9.17) is 11.6 Å². The number of hydrogen-bond acceptors (Lipinski definition) is 4. The van der Waals surface area contributed by atoms with Crippen molar-refractivity contribution in [2.45, 2.75) is 26.8 Å². The Morgan fingerprint density at radius 1 is 1.53 bits per heavy atom. The molecular formula is C10H17ClN2O2S2. The Bertz CT molecular complexity index is 459. The third-order valence-corrected chi connectivity index (χ3v) is 5.48. The Balaban J connectivity index is 2.64. The van der Waals surface area contributed by atoms with Gasteiger partial charge in [0, 0.05) is 17.0 Å². The van der Waals surface area contributed by atoms with Crippen molar-refractivity contribution in [1.82, 2.24) is 9.71 Å². The van der Waals surface area contributed by atoms with Crippen molar-refractivity contribution < 1.29 is 8.42 Å². The van der Waals surface area contributed by atoms with Gasteiger partial charge in [0.2, 0.25) is 10.0 Å². The molecular weight excluding hydrogens is 280 g/mol. The minimum Gasteiger partial charge on any atom is -0.248 e. The molecule has 1 aromatic rings. The highest BCUT2D eigenvalue weighted by Crippen LogP contribution is 2.20. The monoisotopic (exact) mass is 296 g/mol. The minimum atomic E-state index is -3.30. The fourth-order valence-corrected chi connectivity index (χ4v) is 4.06. The molecule has 0 aliphatic rings. The van der Waals surface area contributed by atoms with E-state index in [1.54, 1.807) is 13.1 Å². The molecule has 0 saturated carbocycles. The van der Waals surface area contributed by atoms with Crippen LogP contribution in [0.2, 0.25) is 0 Å². The zero-order valence-electron chi connectivity index (χ0n) is 10.1. The summed E-state index contributed by atoms with van der Waals surface area (Å²) in [5.74, 6) is 0.330. The van der Waals surface area contributed by atoms with E-state index in [2.05, 4.69) is 9.71 Å². The van der Waals surface area contributed by atoms with Gasteiger partial charge < -0.3 is 0 Å². The van der Waals surface area contributed by atoms with Gasteiger partial charge in [0.05, 0.1) is 11.8 Å². The fraction of sp³-hybridized carbons (Fsp3) is 0.700. The van der Waals surface area contributed by atoms with Crippen molar-refractivity contribution in [3.8, 4) is 0 Å². The maximum absolute atomic E-state index is 11.8. The molecule has 1 N–H and O–H groups in total. The average Bonchev–Trinajstić information content (AvgIpc) is 2.63. The van der Waals surface area contributed by atoms with Crippen LogP contribution in [-0.2, 0) is 10.0 Å². The van der Waals surface area contributed by atoms with Crippen LogP contribution in [0.4, 0.5) is 0 Å². The molecule has 7 heteroatoms. The zero-order valence-corrected chi connectivity index (χ0v) is 12.5. The van der Waals surface area contributed by atoms with Crippen molar-refractivity contribution in [2.75, 3.05) is 11.6 Å². The number of nitrogens with zero attached hydrogens (tertiary/aromatic N) is 1. The maximum Gasteiger partial charge on any atom is 0.212 e. The lowest BCUT2D eigenvalue weighted by Gasteiger charge is -2.14. The van der Waals surface area contributed by atoms with Gasteiger partial charge in [-0.3, -0.25) is 0 Å². The number of rotatable bonds is 6. The average molecular weight is 297 g/mol. The van der Waals surface area contributed by atoms with Gasteiger partial charge in [0.1, 0.15) is 5.01 Å². The lowest BCUT2D eigenvalue weighted by Crippen LogP contribution is -2.31. The first-order valence-electron chi connectivity index (χ1n) is 5.32. The van der Waals surface area contributed by atoms with Crippen LogP contribution >= 0.6 is 22.9 Å². The standard InChI is InChI=1S/C10H17ClN2O2S2/c1-7(4-11)6-17(14,15)13-9(3)10-12-5-8(2)16-10/h5,7,9,13H,4,6H2,1-3H3. The Morgan fingerprint density at radius 2 is 2.18 bits per heavy atom. The molecule has 2 atom stereocenters. The summed E-state index contributed by atoms with van der Waals surface area (Å²) in [5.41, 5.74) is 0. The predicted octanol–water partition coefficient (Wildman–Crippen LogP) is 2.31. The van der Waals surface area contributed by atoms with E-state index in [9.17, 15) is 8.42 Å². The summed E-state index contributed by atoms with van der Waals surface area (Å²) in [7, 11) is -3.30. The lowest BCUT2D eigenvalue weighted by molar-refractivity contribution is 0.554. The highest BCUT2D eigenvalue weighted by Gasteiger charge is 2.20. The largest absolute Gasteiger partial charge is 0.248 e. The molecule has 1 rings (SSSR count).